The summed E-state index contributed by atoms with van der Waals surface area (Å²) in [5, 5.41) is 8.84. The normalized spacial score (nSPS) is 12.4. The highest BCUT2D eigenvalue weighted by atomic mass is 32.1. The Labute approximate surface area is 109 Å². The Kier molecular flexibility index (Phi) is 10.0. The Morgan fingerprint density at radius 2 is 1.94 bits per heavy atom. The molecule has 0 aliphatic rings. The molecule has 0 amide bonds. The van der Waals surface area contributed by atoms with Crippen molar-refractivity contribution >= 4 is 35.7 Å². The zero-order chi connectivity index (χ0) is 12.4. The third-order valence-electron chi connectivity index (χ3n) is 2.46. The van der Waals surface area contributed by atoms with Gasteiger partial charge in [-0.05, 0) is 37.0 Å². The van der Waals surface area contributed by atoms with Crippen molar-refractivity contribution in [1.29, 1.82) is 0 Å². The van der Waals surface area contributed by atoms with Crippen molar-refractivity contribution in [2.24, 2.45) is 0 Å². The molecular weight excluding hydrogens is 240 g/mol. The third kappa shape index (κ3) is 10.4. The van der Waals surface area contributed by atoms with E-state index in [1.807, 2.05) is 0 Å². The molecule has 2 nitrogen and oxygen atoms in total. The lowest BCUT2D eigenvalue weighted by Gasteiger charge is -2.10. The van der Waals surface area contributed by atoms with E-state index in [9.17, 15) is 4.79 Å². The number of carbonyl (C=O) groups is 1. The van der Waals surface area contributed by atoms with Crippen LogP contribution in [-0.4, -0.2) is 21.2 Å². The molecule has 0 saturated heterocycles. The summed E-state index contributed by atoms with van der Waals surface area (Å²) >= 11 is 9.72. The second kappa shape index (κ2) is 10.1. The van der Waals surface area contributed by atoms with Crippen molar-refractivity contribution in [2.45, 2.75) is 63.5 Å². The number of hydrogen-bond donors (Lipinski definition) is 2. The summed E-state index contributed by atoms with van der Waals surface area (Å²) in [4.78, 5) is 11.4. The van der Waals surface area contributed by atoms with Crippen molar-refractivity contribution in [3.05, 3.63) is 0 Å². The minimum Gasteiger partial charge on any atom is -0.481 e. The third-order valence-corrected chi connectivity index (χ3v) is 3.39. The summed E-state index contributed by atoms with van der Waals surface area (Å²) in [6.45, 7) is 2.14. The number of hydrogen-bond acceptors (Lipinski definition) is 3. The molecular formula is C12H22O2S2. The standard InChI is InChI=1S/C12H22O2S2/c1-2-5-10(15)8-9-11(16)6-3-4-7-12(13)14/h11,16H,2-9H2,1H3,(H,13,14). The molecule has 0 heterocycles. The lowest BCUT2D eigenvalue weighted by molar-refractivity contribution is -0.137. The molecule has 0 radical (unpaired) electrons. The highest BCUT2D eigenvalue weighted by Gasteiger charge is 2.05. The Morgan fingerprint density at radius 1 is 1.25 bits per heavy atom. The van der Waals surface area contributed by atoms with Crippen LogP contribution in [0.2, 0.25) is 0 Å². The summed E-state index contributed by atoms with van der Waals surface area (Å²) in [6, 6.07) is 0. The summed E-state index contributed by atoms with van der Waals surface area (Å²) in [6.07, 6.45) is 7.13. The molecule has 4 heteroatoms. The summed E-state index contributed by atoms with van der Waals surface area (Å²) in [5.74, 6) is -0.708. The molecule has 0 spiro atoms. The SMILES string of the molecule is CCCC(=S)CCC(S)CCCCC(=O)O. The Bertz CT molecular complexity index is 217. The van der Waals surface area contributed by atoms with Crippen molar-refractivity contribution in [1.82, 2.24) is 0 Å². The number of unbranched alkanes of at least 4 members (excludes halogenated alkanes) is 1. The fraction of sp³-hybridized carbons (Fsp3) is 0.833. The fourth-order valence-corrected chi connectivity index (χ4v) is 2.17. The zero-order valence-corrected chi connectivity index (χ0v) is 11.7. The number of carboxylic acid groups (broad SMARTS) is 1. The van der Waals surface area contributed by atoms with Gasteiger partial charge in [-0.2, -0.15) is 12.6 Å². The van der Waals surface area contributed by atoms with E-state index in [0.29, 0.717) is 5.25 Å². The van der Waals surface area contributed by atoms with Crippen molar-refractivity contribution in [3.63, 3.8) is 0 Å². The van der Waals surface area contributed by atoms with Crippen LogP contribution in [0.3, 0.4) is 0 Å². The topological polar surface area (TPSA) is 37.3 Å². The molecule has 0 fully saturated rings. The molecule has 16 heavy (non-hydrogen) atoms. The van der Waals surface area contributed by atoms with E-state index >= 15 is 0 Å². The molecule has 0 bridgehead atoms. The fourth-order valence-electron chi connectivity index (χ4n) is 1.53. The lowest BCUT2D eigenvalue weighted by Crippen LogP contribution is -2.04. The van der Waals surface area contributed by atoms with E-state index in [2.05, 4.69) is 19.6 Å². The van der Waals surface area contributed by atoms with E-state index in [0.717, 1.165) is 49.8 Å². The van der Waals surface area contributed by atoms with Gasteiger partial charge in [0.25, 0.3) is 0 Å². The first-order chi connectivity index (χ1) is 7.56. The average Bonchev–Trinajstić information content (AvgIpc) is 2.22. The molecule has 0 rings (SSSR count). The van der Waals surface area contributed by atoms with Gasteiger partial charge in [0.2, 0.25) is 0 Å². The van der Waals surface area contributed by atoms with Gasteiger partial charge in [-0.25, -0.2) is 0 Å². The van der Waals surface area contributed by atoms with Gasteiger partial charge in [0, 0.05) is 11.7 Å². The molecule has 1 N–H and O–H groups in total. The summed E-state index contributed by atoms with van der Waals surface area (Å²) < 4.78 is 0. The highest BCUT2D eigenvalue weighted by molar-refractivity contribution is 7.81. The Hall–Kier alpha value is -0.0900. The molecule has 0 aromatic carbocycles. The maximum absolute atomic E-state index is 10.3. The van der Waals surface area contributed by atoms with Crippen LogP contribution in [0.15, 0.2) is 0 Å². The second-order valence-electron chi connectivity index (χ2n) is 4.12. The quantitative estimate of drug-likeness (QED) is 0.356. The van der Waals surface area contributed by atoms with Gasteiger partial charge in [-0.15, -0.1) is 0 Å². The van der Waals surface area contributed by atoms with E-state index in [-0.39, 0.29) is 6.42 Å². The number of thiocarbonyl (C=S) groups is 1. The van der Waals surface area contributed by atoms with E-state index in [1.165, 1.54) is 0 Å². The van der Waals surface area contributed by atoms with Crippen LogP contribution in [0.4, 0.5) is 0 Å². The average molecular weight is 262 g/mol. The monoisotopic (exact) mass is 262 g/mol. The van der Waals surface area contributed by atoms with Crippen LogP contribution in [-0.2, 0) is 4.79 Å². The van der Waals surface area contributed by atoms with Gasteiger partial charge in [0.1, 0.15) is 0 Å². The Morgan fingerprint density at radius 3 is 2.50 bits per heavy atom. The molecule has 1 unspecified atom stereocenters. The van der Waals surface area contributed by atoms with Crippen LogP contribution in [0, 0.1) is 0 Å². The first kappa shape index (κ1) is 15.9. The first-order valence-corrected chi connectivity index (χ1v) is 6.90. The molecule has 0 aliphatic carbocycles. The maximum atomic E-state index is 10.3. The number of rotatable bonds is 10. The minimum atomic E-state index is -0.708. The lowest BCUT2D eigenvalue weighted by atomic mass is 10.1. The largest absolute Gasteiger partial charge is 0.481 e. The van der Waals surface area contributed by atoms with E-state index in [1.54, 1.807) is 0 Å². The smallest absolute Gasteiger partial charge is 0.303 e. The number of aliphatic carboxylic acids is 1. The van der Waals surface area contributed by atoms with Crippen LogP contribution >= 0.6 is 24.8 Å². The summed E-state index contributed by atoms with van der Waals surface area (Å²) in [5.41, 5.74) is 0. The summed E-state index contributed by atoms with van der Waals surface area (Å²) in [7, 11) is 0. The molecule has 0 aromatic rings. The van der Waals surface area contributed by atoms with Crippen molar-refractivity contribution in [3.8, 4) is 0 Å². The molecule has 1 atom stereocenters. The van der Waals surface area contributed by atoms with Crippen LogP contribution in [0.1, 0.15) is 58.3 Å². The Balaban J connectivity index is 3.40. The highest BCUT2D eigenvalue weighted by Crippen LogP contribution is 2.15. The van der Waals surface area contributed by atoms with Crippen LogP contribution in [0.5, 0.6) is 0 Å². The van der Waals surface area contributed by atoms with E-state index in [4.69, 9.17) is 17.3 Å². The predicted molar refractivity (Wildman–Crippen MR) is 75.6 cm³/mol. The molecule has 0 saturated carbocycles. The minimum absolute atomic E-state index is 0.273. The van der Waals surface area contributed by atoms with Gasteiger partial charge >= 0.3 is 5.97 Å². The van der Waals surface area contributed by atoms with Gasteiger partial charge in [0.05, 0.1) is 0 Å². The van der Waals surface area contributed by atoms with Gasteiger partial charge < -0.3 is 5.11 Å². The van der Waals surface area contributed by atoms with Gasteiger partial charge in [0.15, 0.2) is 0 Å². The molecule has 0 aliphatic heterocycles. The first-order valence-electron chi connectivity index (χ1n) is 5.97. The van der Waals surface area contributed by atoms with Crippen LogP contribution in [0.25, 0.3) is 0 Å². The van der Waals surface area contributed by atoms with Crippen LogP contribution < -0.4 is 0 Å². The predicted octanol–water partition coefficient (Wildman–Crippen LogP) is 3.88. The second-order valence-corrected chi connectivity index (χ2v) is 5.43. The number of carboxylic acids is 1. The van der Waals surface area contributed by atoms with Crippen molar-refractivity contribution in [2.75, 3.05) is 0 Å². The molecule has 94 valence electrons. The number of thiol groups is 1. The van der Waals surface area contributed by atoms with Crippen molar-refractivity contribution < 1.29 is 9.90 Å². The van der Waals surface area contributed by atoms with E-state index < -0.39 is 5.97 Å². The maximum Gasteiger partial charge on any atom is 0.303 e. The zero-order valence-electron chi connectivity index (χ0n) is 9.95. The molecule has 0 aromatic heterocycles. The van der Waals surface area contributed by atoms with Gasteiger partial charge in [-0.1, -0.05) is 32.0 Å². The van der Waals surface area contributed by atoms with Gasteiger partial charge in [-0.3, -0.25) is 4.79 Å².